The molecule has 0 fully saturated rings. The van der Waals surface area contributed by atoms with E-state index < -0.39 is 12.1 Å². The number of methoxy groups -OCH3 is 1. The van der Waals surface area contributed by atoms with Gasteiger partial charge < -0.3 is 19.5 Å². The average molecular weight is 486 g/mol. The monoisotopic (exact) mass is 485 g/mol. The van der Waals surface area contributed by atoms with Crippen LogP contribution in [0.3, 0.4) is 0 Å². The largest absolute Gasteiger partial charge is 0.497 e. The van der Waals surface area contributed by atoms with Crippen molar-refractivity contribution in [1.29, 1.82) is 0 Å². The van der Waals surface area contributed by atoms with Gasteiger partial charge in [0.15, 0.2) is 11.8 Å². The molecule has 1 amide bonds. The number of benzene rings is 3. The van der Waals surface area contributed by atoms with Gasteiger partial charge in [0.05, 0.1) is 25.1 Å². The molecule has 4 aromatic rings. The van der Waals surface area contributed by atoms with Crippen LogP contribution >= 0.6 is 0 Å². The number of nitrogens with zero attached hydrogens (tertiary/aromatic N) is 2. The minimum absolute atomic E-state index is 0.182. The van der Waals surface area contributed by atoms with Crippen molar-refractivity contribution in [1.82, 2.24) is 9.78 Å². The molecule has 3 aromatic carbocycles. The van der Waals surface area contributed by atoms with Gasteiger partial charge in [-0.15, -0.1) is 0 Å². The van der Waals surface area contributed by atoms with Crippen molar-refractivity contribution in [3.8, 4) is 28.4 Å². The molecule has 1 atom stereocenters. The van der Waals surface area contributed by atoms with Crippen LogP contribution in [0.4, 0.5) is 5.69 Å². The lowest BCUT2D eigenvalue weighted by molar-refractivity contribution is -0.122. The first-order valence-corrected chi connectivity index (χ1v) is 11.5. The van der Waals surface area contributed by atoms with E-state index in [1.165, 1.54) is 0 Å². The summed E-state index contributed by atoms with van der Waals surface area (Å²) in [4.78, 5) is 25.2. The molecule has 0 spiro atoms. The molecule has 1 heterocycles. The number of rotatable bonds is 9. The smallest absolute Gasteiger partial charge is 0.358 e. The van der Waals surface area contributed by atoms with E-state index in [-0.39, 0.29) is 18.2 Å². The first-order valence-electron chi connectivity index (χ1n) is 11.5. The van der Waals surface area contributed by atoms with Gasteiger partial charge in [-0.1, -0.05) is 30.3 Å². The maximum Gasteiger partial charge on any atom is 0.358 e. The highest BCUT2D eigenvalue weighted by atomic mass is 16.5. The first-order chi connectivity index (χ1) is 17.5. The molecule has 4 rings (SSSR count). The Bertz CT molecular complexity index is 1330. The van der Waals surface area contributed by atoms with Gasteiger partial charge in [0.25, 0.3) is 5.91 Å². The van der Waals surface area contributed by atoms with Gasteiger partial charge in [-0.25, -0.2) is 9.48 Å². The number of ether oxygens (including phenoxy) is 3. The second-order valence-electron chi connectivity index (χ2n) is 7.89. The van der Waals surface area contributed by atoms with E-state index in [1.54, 1.807) is 49.9 Å². The van der Waals surface area contributed by atoms with Crippen LogP contribution in [-0.2, 0) is 9.53 Å². The maximum absolute atomic E-state index is 12.8. The Balaban J connectivity index is 1.62. The fraction of sp³-hybridized carbons (Fsp3) is 0.179. The van der Waals surface area contributed by atoms with Crippen molar-refractivity contribution in [2.24, 2.45) is 0 Å². The summed E-state index contributed by atoms with van der Waals surface area (Å²) < 4.78 is 17.8. The van der Waals surface area contributed by atoms with Crippen LogP contribution in [0.25, 0.3) is 16.9 Å². The number of esters is 1. The van der Waals surface area contributed by atoms with Crippen LogP contribution in [0, 0.1) is 0 Å². The number of aromatic nitrogens is 2. The fourth-order valence-corrected chi connectivity index (χ4v) is 3.57. The number of para-hydroxylation sites is 1. The molecule has 0 saturated heterocycles. The van der Waals surface area contributed by atoms with Crippen LogP contribution in [0.1, 0.15) is 24.3 Å². The van der Waals surface area contributed by atoms with Crippen molar-refractivity contribution in [3.05, 3.63) is 90.6 Å². The molecule has 0 aliphatic carbocycles. The van der Waals surface area contributed by atoms with Gasteiger partial charge in [-0.3, -0.25) is 4.79 Å². The Hall–Kier alpha value is -4.59. The van der Waals surface area contributed by atoms with E-state index in [0.29, 0.717) is 22.9 Å². The predicted molar refractivity (Wildman–Crippen MR) is 137 cm³/mol. The van der Waals surface area contributed by atoms with Crippen LogP contribution in [-0.4, -0.2) is 41.5 Å². The number of carbonyl (C=O) groups is 2. The van der Waals surface area contributed by atoms with Crippen LogP contribution < -0.4 is 14.8 Å². The topological polar surface area (TPSA) is 91.7 Å². The minimum atomic E-state index is -0.698. The number of anilines is 1. The van der Waals surface area contributed by atoms with E-state index in [9.17, 15) is 9.59 Å². The second-order valence-corrected chi connectivity index (χ2v) is 7.89. The third-order valence-electron chi connectivity index (χ3n) is 5.36. The Morgan fingerprint density at radius 2 is 1.69 bits per heavy atom. The SMILES string of the molecule is CCOC(=O)c1cc(-c2cccc(NC(=O)C(C)Oc3ccccc3)c2)n(-c2ccc(OC)cc2)n1. The van der Waals surface area contributed by atoms with Crippen molar-refractivity contribution in [3.63, 3.8) is 0 Å². The number of hydrogen-bond donors (Lipinski definition) is 1. The van der Waals surface area contributed by atoms with Crippen molar-refractivity contribution >= 4 is 17.6 Å². The summed E-state index contributed by atoms with van der Waals surface area (Å²) in [6.07, 6.45) is -0.698. The molecule has 8 nitrogen and oxygen atoms in total. The molecule has 0 saturated carbocycles. The van der Waals surface area contributed by atoms with Crippen LogP contribution in [0.5, 0.6) is 11.5 Å². The zero-order valence-electron chi connectivity index (χ0n) is 20.3. The number of carbonyl (C=O) groups excluding carboxylic acids is 2. The molecule has 36 heavy (non-hydrogen) atoms. The molecular formula is C28H27N3O5. The summed E-state index contributed by atoms with van der Waals surface area (Å²) in [5.41, 5.74) is 2.92. The lowest BCUT2D eigenvalue weighted by Crippen LogP contribution is -2.30. The van der Waals surface area contributed by atoms with Crippen molar-refractivity contribution < 1.29 is 23.8 Å². The number of nitrogens with one attached hydrogen (secondary N) is 1. The Morgan fingerprint density at radius 3 is 2.39 bits per heavy atom. The molecule has 1 unspecified atom stereocenters. The lowest BCUT2D eigenvalue weighted by Gasteiger charge is -2.15. The molecular weight excluding hydrogens is 458 g/mol. The standard InChI is InChI=1S/C28H27N3O5/c1-4-35-28(33)25-18-26(31(30-25)22-13-15-23(34-3)16-14-22)20-9-8-10-21(17-20)29-27(32)19(2)36-24-11-6-5-7-12-24/h5-19H,4H2,1-3H3,(H,29,32). The Kier molecular flexibility index (Phi) is 7.65. The van der Waals surface area contributed by atoms with Gasteiger partial charge in [0.2, 0.25) is 0 Å². The average Bonchev–Trinajstić information content (AvgIpc) is 3.35. The minimum Gasteiger partial charge on any atom is -0.497 e. The van der Waals surface area contributed by atoms with Crippen molar-refractivity contribution in [2.75, 3.05) is 19.0 Å². The van der Waals surface area contributed by atoms with Crippen LogP contribution in [0.15, 0.2) is 84.9 Å². The van der Waals surface area contributed by atoms with Crippen molar-refractivity contribution in [2.45, 2.75) is 20.0 Å². The van der Waals surface area contributed by atoms with Gasteiger partial charge in [-0.05, 0) is 68.4 Å². The molecule has 1 aromatic heterocycles. The summed E-state index contributed by atoms with van der Waals surface area (Å²) in [6.45, 7) is 3.68. The zero-order chi connectivity index (χ0) is 25.5. The number of amides is 1. The highest BCUT2D eigenvalue weighted by Crippen LogP contribution is 2.28. The van der Waals surface area contributed by atoms with E-state index in [1.807, 2.05) is 60.7 Å². The molecule has 0 bridgehead atoms. The highest BCUT2D eigenvalue weighted by molar-refractivity contribution is 5.95. The Morgan fingerprint density at radius 1 is 0.944 bits per heavy atom. The fourth-order valence-electron chi connectivity index (χ4n) is 3.57. The summed E-state index contributed by atoms with van der Waals surface area (Å²) in [6, 6.07) is 25.5. The van der Waals surface area contributed by atoms with Crippen LogP contribution in [0.2, 0.25) is 0 Å². The number of hydrogen-bond acceptors (Lipinski definition) is 6. The van der Waals surface area contributed by atoms with Gasteiger partial charge in [0.1, 0.15) is 11.5 Å². The normalized spacial score (nSPS) is 11.4. The predicted octanol–water partition coefficient (Wildman–Crippen LogP) is 5.13. The summed E-state index contributed by atoms with van der Waals surface area (Å²) in [7, 11) is 1.60. The summed E-state index contributed by atoms with van der Waals surface area (Å²) in [5, 5.41) is 7.39. The first kappa shape index (κ1) is 24.5. The maximum atomic E-state index is 12.8. The van der Waals surface area contributed by atoms with Gasteiger partial charge in [-0.2, -0.15) is 5.10 Å². The molecule has 0 radical (unpaired) electrons. The van der Waals surface area contributed by atoms with Gasteiger partial charge >= 0.3 is 5.97 Å². The van der Waals surface area contributed by atoms with E-state index in [4.69, 9.17) is 14.2 Å². The molecule has 184 valence electrons. The van der Waals surface area contributed by atoms with E-state index in [2.05, 4.69) is 10.4 Å². The quantitative estimate of drug-likeness (QED) is 0.331. The highest BCUT2D eigenvalue weighted by Gasteiger charge is 2.19. The Labute approximate surface area is 209 Å². The molecule has 0 aliphatic rings. The zero-order valence-corrected chi connectivity index (χ0v) is 20.3. The van der Waals surface area contributed by atoms with E-state index >= 15 is 0 Å². The van der Waals surface area contributed by atoms with Gasteiger partial charge in [0, 0.05) is 11.3 Å². The summed E-state index contributed by atoms with van der Waals surface area (Å²) in [5.74, 6) is 0.521. The molecule has 0 aliphatic heterocycles. The second kappa shape index (κ2) is 11.2. The third kappa shape index (κ3) is 5.72. The lowest BCUT2D eigenvalue weighted by atomic mass is 10.1. The van der Waals surface area contributed by atoms with E-state index in [0.717, 1.165) is 11.3 Å². The molecule has 8 heteroatoms. The molecule has 1 N–H and O–H groups in total. The summed E-state index contributed by atoms with van der Waals surface area (Å²) >= 11 is 0. The third-order valence-corrected chi connectivity index (χ3v) is 5.36.